The van der Waals surface area contributed by atoms with E-state index in [4.69, 9.17) is 16.2 Å². The smallest absolute Gasteiger partial charge is 0.320 e. The predicted molar refractivity (Wildman–Crippen MR) is 103 cm³/mol. The molecule has 1 aliphatic rings. The third-order valence-electron chi connectivity index (χ3n) is 4.85. The average molecular weight is 366 g/mol. The molecule has 1 heterocycles. The second-order valence-corrected chi connectivity index (χ2v) is 6.61. The summed E-state index contributed by atoms with van der Waals surface area (Å²) < 4.78 is 0. The Morgan fingerprint density at radius 3 is 2.22 bits per heavy atom. The van der Waals surface area contributed by atoms with Crippen LogP contribution >= 0.6 is 0 Å². The summed E-state index contributed by atoms with van der Waals surface area (Å²) >= 11 is 0. The Bertz CT molecular complexity index is 862. The van der Waals surface area contributed by atoms with Crippen molar-refractivity contribution in [3.8, 4) is 11.1 Å². The number of likely N-dealkylation sites (N-methyl/N-ethyl adjacent to an activating group) is 1. The van der Waals surface area contributed by atoms with Gasteiger partial charge in [0.2, 0.25) is 0 Å². The summed E-state index contributed by atoms with van der Waals surface area (Å²) in [5.41, 5.74) is 9.22. The third-order valence-corrected chi connectivity index (χ3v) is 4.85. The van der Waals surface area contributed by atoms with Crippen LogP contribution in [-0.2, 0) is 4.79 Å². The van der Waals surface area contributed by atoms with E-state index in [1.807, 2.05) is 48.5 Å². The van der Waals surface area contributed by atoms with Gasteiger partial charge in [-0.25, -0.2) is 4.79 Å². The van der Waals surface area contributed by atoms with E-state index in [1.54, 1.807) is 16.8 Å². The lowest BCUT2D eigenvalue weighted by molar-refractivity contribution is -0.137. The van der Waals surface area contributed by atoms with Crippen LogP contribution < -0.4 is 5.73 Å². The summed E-state index contributed by atoms with van der Waals surface area (Å²) in [5.74, 6) is -0.868. The molecule has 1 atom stereocenters. The Kier molecular flexibility index (Phi) is 5.12. The van der Waals surface area contributed by atoms with Crippen LogP contribution in [0.25, 0.3) is 11.1 Å². The number of hydrogen-bond donors (Lipinski definition) is 3. The number of carbonyl (C=O) groups is 2. The topological polar surface area (TPSA) is 111 Å². The number of nitrogens with one attached hydrogen (secondary N) is 1. The minimum absolute atomic E-state index is 0.0401. The number of nitrogens with two attached hydrogens (primary N) is 1. The summed E-state index contributed by atoms with van der Waals surface area (Å²) in [5, 5.41) is 16.3. The first-order valence-electron chi connectivity index (χ1n) is 8.65. The molecule has 0 aromatic heterocycles. The van der Waals surface area contributed by atoms with Crippen LogP contribution in [0.15, 0.2) is 48.5 Å². The lowest BCUT2D eigenvalue weighted by atomic mass is 9.99. The average Bonchev–Trinajstić information content (AvgIpc) is 2.95. The van der Waals surface area contributed by atoms with Crippen LogP contribution in [0.2, 0.25) is 0 Å². The van der Waals surface area contributed by atoms with Crippen LogP contribution in [0.5, 0.6) is 0 Å². The fraction of sp³-hybridized carbons (Fsp3) is 0.250. The molecule has 4 N–H and O–H groups in total. The van der Waals surface area contributed by atoms with Crippen molar-refractivity contribution in [2.75, 3.05) is 20.1 Å². The number of amides is 2. The number of nitrogens with zero attached hydrogens (tertiary/aromatic N) is 2. The molecule has 7 heteroatoms. The number of carbonyl (C=O) groups excluding carboxylic acids is 1. The Morgan fingerprint density at radius 2 is 1.70 bits per heavy atom. The number of benzene rings is 2. The van der Waals surface area contributed by atoms with Gasteiger partial charge >= 0.3 is 12.0 Å². The standard InChI is InChI=1S/C20H22N4O3/c1-23-17(12-24(20(23)27)11-10-18(25)26)15-6-2-13(3-7-15)14-4-8-16(9-5-14)19(21)22/h2-9,17H,10-12H2,1H3,(H3,21,22)(H,25,26). The second-order valence-electron chi connectivity index (χ2n) is 6.61. The van der Waals surface area contributed by atoms with Crippen LogP contribution in [0.3, 0.4) is 0 Å². The first-order chi connectivity index (χ1) is 12.9. The van der Waals surface area contributed by atoms with Crippen molar-refractivity contribution in [3.63, 3.8) is 0 Å². The summed E-state index contributed by atoms with van der Waals surface area (Å²) in [7, 11) is 1.74. The molecule has 1 unspecified atom stereocenters. The monoisotopic (exact) mass is 366 g/mol. The molecular formula is C20H22N4O3. The van der Waals surface area contributed by atoms with Gasteiger partial charge in [-0.15, -0.1) is 0 Å². The second kappa shape index (κ2) is 7.49. The highest BCUT2D eigenvalue weighted by Crippen LogP contribution is 2.30. The highest BCUT2D eigenvalue weighted by molar-refractivity contribution is 5.95. The summed E-state index contributed by atoms with van der Waals surface area (Å²) in [4.78, 5) is 26.3. The van der Waals surface area contributed by atoms with E-state index in [1.165, 1.54) is 0 Å². The van der Waals surface area contributed by atoms with Gasteiger partial charge in [-0.1, -0.05) is 48.5 Å². The molecule has 0 radical (unpaired) electrons. The van der Waals surface area contributed by atoms with Gasteiger partial charge in [0.15, 0.2) is 0 Å². The van der Waals surface area contributed by atoms with Crippen molar-refractivity contribution in [2.24, 2.45) is 5.73 Å². The van der Waals surface area contributed by atoms with E-state index in [0.29, 0.717) is 12.1 Å². The Morgan fingerprint density at radius 1 is 1.15 bits per heavy atom. The van der Waals surface area contributed by atoms with Gasteiger partial charge in [-0.2, -0.15) is 0 Å². The Balaban J connectivity index is 1.74. The van der Waals surface area contributed by atoms with E-state index in [-0.39, 0.29) is 30.9 Å². The third kappa shape index (κ3) is 3.92. The molecule has 1 aliphatic heterocycles. The zero-order valence-corrected chi connectivity index (χ0v) is 15.1. The van der Waals surface area contributed by atoms with Crippen molar-refractivity contribution in [1.29, 1.82) is 5.41 Å². The SMILES string of the molecule is CN1C(=O)N(CCC(=O)O)CC1c1ccc(-c2ccc(C(=N)N)cc2)cc1. The van der Waals surface area contributed by atoms with E-state index in [2.05, 4.69) is 0 Å². The van der Waals surface area contributed by atoms with E-state index < -0.39 is 5.97 Å². The molecule has 7 nitrogen and oxygen atoms in total. The summed E-state index contributed by atoms with van der Waals surface area (Å²) in [6.45, 7) is 0.699. The van der Waals surface area contributed by atoms with Crippen molar-refractivity contribution in [1.82, 2.24) is 9.80 Å². The van der Waals surface area contributed by atoms with E-state index in [0.717, 1.165) is 16.7 Å². The Hall–Kier alpha value is -3.35. The molecular weight excluding hydrogens is 344 g/mol. The molecule has 140 valence electrons. The molecule has 0 spiro atoms. The molecule has 0 bridgehead atoms. The summed E-state index contributed by atoms with van der Waals surface area (Å²) in [6.07, 6.45) is -0.0541. The molecule has 2 amide bonds. The minimum atomic E-state index is -0.908. The largest absolute Gasteiger partial charge is 0.481 e. The first-order valence-corrected chi connectivity index (χ1v) is 8.65. The molecule has 27 heavy (non-hydrogen) atoms. The number of carboxylic acids is 1. The van der Waals surface area contributed by atoms with Crippen LogP contribution in [0.4, 0.5) is 4.79 Å². The first kappa shape index (κ1) is 18.4. The fourth-order valence-corrected chi connectivity index (χ4v) is 3.25. The van der Waals surface area contributed by atoms with Gasteiger partial charge in [0.1, 0.15) is 5.84 Å². The van der Waals surface area contributed by atoms with Crippen molar-refractivity contribution in [3.05, 3.63) is 59.7 Å². The zero-order chi connectivity index (χ0) is 19.6. The van der Waals surface area contributed by atoms with Crippen molar-refractivity contribution >= 4 is 17.8 Å². The van der Waals surface area contributed by atoms with Gasteiger partial charge in [-0.3, -0.25) is 10.2 Å². The van der Waals surface area contributed by atoms with Gasteiger partial charge < -0.3 is 20.6 Å². The number of aliphatic carboxylic acids is 1. The molecule has 0 aliphatic carbocycles. The Labute approximate surface area is 157 Å². The molecule has 1 saturated heterocycles. The van der Waals surface area contributed by atoms with Crippen molar-refractivity contribution < 1.29 is 14.7 Å². The number of amidine groups is 1. The molecule has 2 aromatic carbocycles. The lowest BCUT2D eigenvalue weighted by Gasteiger charge is -2.18. The molecule has 3 rings (SSSR count). The highest BCUT2D eigenvalue weighted by Gasteiger charge is 2.35. The van der Waals surface area contributed by atoms with E-state index >= 15 is 0 Å². The lowest BCUT2D eigenvalue weighted by Crippen LogP contribution is -2.31. The quantitative estimate of drug-likeness (QED) is 0.539. The number of nitrogen functional groups attached to an aromatic ring is 1. The maximum atomic E-state index is 12.3. The van der Waals surface area contributed by atoms with Crippen molar-refractivity contribution in [2.45, 2.75) is 12.5 Å². The normalized spacial score (nSPS) is 16.6. The van der Waals surface area contributed by atoms with Gasteiger partial charge in [0, 0.05) is 25.7 Å². The zero-order valence-electron chi connectivity index (χ0n) is 15.1. The molecule has 2 aromatic rings. The highest BCUT2D eigenvalue weighted by atomic mass is 16.4. The maximum absolute atomic E-state index is 12.3. The van der Waals surface area contributed by atoms with Gasteiger partial charge in [0.25, 0.3) is 0 Å². The van der Waals surface area contributed by atoms with Gasteiger partial charge in [-0.05, 0) is 16.7 Å². The van der Waals surface area contributed by atoms with Crippen LogP contribution in [0, 0.1) is 5.41 Å². The summed E-state index contributed by atoms with van der Waals surface area (Å²) in [6, 6.07) is 15.2. The number of carboxylic acid groups (broad SMARTS) is 1. The minimum Gasteiger partial charge on any atom is -0.481 e. The maximum Gasteiger partial charge on any atom is 0.320 e. The number of rotatable bonds is 6. The van der Waals surface area contributed by atoms with Gasteiger partial charge in [0.05, 0.1) is 12.5 Å². The van der Waals surface area contributed by atoms with Crippen LogP contribution in [0.1, 0.15) is 23.6 Å². The van der Waals surface area contributed by atoms with E-state index in [9.17, 15) is 9.59 Å². The predicted octanol–water partition coefficient (Wildman–Crippen LogP) is 2.52. The molecule has 0 saturated carbocycles. The number of urea groups is 1. The number of hydrogen-bond acceptors (Lipinski definition) is 3. The van der Waals surface area contributed by atoms with Crippen LogP contribution in [-0.4, -0.2) is 52.9 Å². The fourth-order valence-electron chi connectivity index (χ4n) is 3.25. The molecule has 1 fully saturated rings.